The minimum Gasteiger partial charge on any atom is -0.322 e. The lowest BCUT2D eigenvalue weighted by molar-refractivity contribution is -0.140. The third-order valence-electron chi connectivity index (χ3n) is 4.56. The first-order chi connectivity index (χ1) is 14.2. The summed E-state index contributed by atoms with van der Waals surface area (Å²) >= 11 is 1.50. The summed E-state index contributed by atoms with van der Waals surface area (Å²) in [6.07, 6.45) is -4.89. The Balaban J connectivity index is 1.65. The van der Waals surface area contributed by atoms with Gasteiger partial charge >= 0.3 is 6.18 Å². The molecule has 0 bridgehead atoms. The molecule has 0 aliphatic rings. The number of benzene rings is 3. The van der Waals surface area contributed by atoms with E-state index in [1.165, 1.54) is 11.3 Å². The first kappa shape index (κ1) is 20.0. The van der Waals surface area contributed by atoms with E-state index in [4.69, 9.17) is 0 Å². The van der Waals surface area contributed by atoms with Crippen LogP contribution in [0.25, 0.3) is 20.8 Å². The number of alkyl halides is 3. The number of fused-ring (bicyclic) bond motifs is 1. The molecule has 0 saturated carbocycles. The van der Waals surface area contributed by atoms with E-state index in [9.17, 15) is 22.4 Å². The summed E-state index contributed by atoms with van der Waals surface area (Å²) in [7, 11) is 0. The van der Waals surface area contributed by atoms with Crippen LogP contribution in [-0.2, 0) is 6.18 Å². The molecule has 0 radical (unpaired) electrons. The molecule has 0 atom stereocenters. The fourth-order valence-corrected chi connectivity index (χ4v) is 3.93. The quantitative estimate of drug-likeness (QED) is 0.368. The summed E-state index contributed by atoms with van der Waals surface area (Å²) < 4.78 is 53.3. The number of hydrogen-bond donors (Lipinski definition) is 1. The topological polar surface area (TPSA) is 42.0 Å². The van der Waals surface area contributed by atoms with Gasteiger partial charge in [-0.2, -0.15) is 13.2 Å². The van der Waals surface area contributed by atoms with Gasteiger partial charge in [-0.25, -0.2) is 9.37 Å². The number of para-hydroxylation sites is 1. The number of halogens is 4. The molecule has 0 unspecified atom stereocenters. The highest BCUT2D eigenvalue weighted by molar-refractivity contribution is 7.21. The van der Waals surface area contributed by atoms with Crippen molar-refractivity contribution in [3.8, 4) is 10.6 Å². The molecule has 0 aliphatic carbocycles. The van der Waals surface area contributed by atoms with Gasteiger partial charge in [0, 0.05) is 16.8 Å². The Morgan fingerprint density at radius 3 is 2.53 bits per heavy atom. The van der Waals surface area contributed by atoms with E-state index in [-0.39, 0.29) is 5.56 Å². The van der Waals surface area contributed by atoms with Gasteiger partial charge in [0.2, 0.25) is 0 Å². The van der Waals surface area contributed by atoms with Crippen LogP contribution in [0, 0.1) is 12.7 Å². The Kier molecular flexibility index (Phi) is 5.03. The number of carbonyl (C=O) groups excluding carboxylic acids is 1. The number of thiazole rings is 1. The Bertz CT molecular complexity index is 1230. The molecular weight excluding hydrogens is 416 g/mol. The average molecular weight is 430 g/mol. The van der Waals surface area contributed by atoms with Crippen molar-refractivity contribution in [2.24, 2.45) is 0 Å². The zero-order valence-electron chi connectivity index (χ0n) is 15.5. The van der Waals surface area contributed by atoms with Gasteiger partial charge in [-0.05, 0) is 48.9 Å². The average Bonchev–Trinajstić information content (AvgIpc) is 3.13. The van der Waals surface area contributed by atoms with E-state index in [1.54, 1.807) is 19.1 Å². The maximum atomic E-state index is 13.5. The number of amides is 1. The molecule has 3 nitrogen and oxygen atoms in total. The molecule has 8 heteroatoms. The minimum absolute atomic E-state index is 0.284. The van der Waals surface area contributed by atoms with Gasteiger partial charge in [0.05, 0.1) is 15.8 Å². The minimum atomic E-state index is -4.89. The van der Waals surface area contributed by atoms with Crippen molar-refractivity contribution >= 4 is 33.1 Å². The molecule has 152 valence electrons. The standard InChI is InChI=1S/C22H14F4N2OS/c1-12-6-7-14(21-28-17-4-2-3-5-19(17)30-21)11-18(12)27-20(29)13-8-9-16(23)15(10-13)22(24,25)26/h2-11H,1H3,(H,27,29). The summed E-state index contributed by atoms with van der Waals surface area (Å²) in [5.74, 6) is -2.18. The van der Waals surface area contributed by atoms with Crippen molar-refractivity contribution in [1.82, 2.24) is 4.98 Å². The van der Waals surface area contributed by atoms with E-state index < -0.39 is 23.5 Å². The van der Waals surface area contributed by atoms with E-state index in [2.05, 4.69) is 10.3 Å². The fraction of sp³-hybridized carbons (Fsp3) is 0.0909. The van der Waals surface area contributed by atoms with Crippen LogP contribution in [0.1, 0.15) is 21.5 Å². The van der Waals surface area contributed by atoms with Crippen LogP contribution in [0.5, 0.6) is 0 Å². The summed E-state index contributed by atoms with van der Waals surface area (Å²) in [6, 6.07) is 15.2. The maximum absolute atomic E-state index is 13.5. The second kappa shape index (κ2) is 7.53. The summed E-state index contributed by atoms with van der Waals surface area (Å²) in [6.45, 7) is 1.77. The molecule has 1 aromatic heterocycles. The fourth-order valence-electron chi connectivity index (χ4n) is 2.96. The highest BCUT2D eigenvalue weighted by Crippen LogP contribution is 2.34. The lowest BCUT2D eigenvalue weighted by Gasteiger charge is -2.12. The molecule has 0 fully saturated rings. The first-order valence-electron chi connectivity index (χ1n) is 8.87. The van der Waals surface area contributed by atoms with Crippen molar-refractivity contribution in [3.05, 3.63) is 83.2 Å². The lowest BCUT2D eigenvalue weighted by atomic mass is 10.1. The Hall–Kier alpha value is -3.26. The molecule has 1 heterocycles. The molecule has 0 aliphatic heterocycles. The van der Waals surface area contributed by atoms with Gasteiger partial charge in [-0.1, -0.05) is 24.3 Å². The monoisotopic (exact) mass is 430 g/mol. The van der Waals surface area contributed by atoms with Crippen LogP contribution in [0.15, 0.2) is 60.7 Å². The third kappa shape index (κ3) is 3.91. The number of rotatable bonds is 3. The maximum Gasteiger partial charge on any atom is 0.419 e. The highest BCUT2D eigenvalue weighted by Gasteiger charge is 2.34. The second-order valence-electron chi connectivity index (χ2n) is 6.66. The van der Waals surface area contributed by atoms with Crippen LogP contribution in [0.3, 0.4) is 0 Å². The van der Waals surface area contributed by atoms with Gasteiger partial charge < -0.3 is 5.32 Å². The van der Waals surface area contributed by atoms with Gasteiger partial charge in [0.25, 0.3) is 5.91 Å². The summed E-state index contributed by atoms with van der Waals surface area (Å²) in [5, 5.41) is 3.37. The normalized spacial score (nSPS) is 11.6. The summed E-state index contributed by atoms with van der Waals surface area (Å²) in [4.78, 5) is 17.1. The number of nitrogens with zero attached hydrogens (tertiary/aromatic N) is 1. The van der Waals surface area contributed by atoms with E-state index in [1.807, 2.05) is 30.3 Å². The SMILES string of the molecule is Cc1ccc(-c2nc3ccccc3s2)cc1NC(=O)c1ccc(F)c(C(F)(F)F)c1. The van der Waals surface area contributed by atoms with Crippen LogP contribution >= 0.6 is 11.3 Å². The van der Waals surface area contributed by atoms with Crippen LogP contribution in [0.4, 0.5) is 23.2 Å². The van der Waals surface area contributed by atoms with Crippen LogP contribution in [0.2, 0.25) is 0 Å². The zero-order chi connectivity index (χ0) is 21.5. The number of nitrogens with one attached hydrogen (secondary N) is 1. The van der Waals surface area contributed by atoms with Gasteiger partial charge in [0.15, 0.2) is 0 Å². The predicted molar refractivity (Wildman–Crippen MR) is 109 cm³/mol. The van der Waals surface area contributed by atoms with E-state index in [0.717, 1.165) is 32.4 Å². The molecular formula is C22H14F4N2OS. The van der Waals surface area contributed by atoms with E-state index in [0.29, 0.717) is 17.8 Å². The van der Waals surface area contributed by atoms with Crippen molar-refractivity contribution in [2.75, 3.05) is 5.32 Å². The predicted octanol–water partition coefficient (Wildman–Crippen LogP) is 6.68. The highest BCUT2D eigenvalue weighted by atomic mass is 32.1. The molecule has 4 aromatic rings. The number of carbonyl (C=O) groups is 1. The number of hydrogen-bond acceptors (Lipinski definition) is 3. The largest absolute Gasteiger partial charge is 0.419 e. The van der Waals surface area contributed by atoms with Crippen molar-refractivity contribution < 1.29 is 22.4 Å². The molecule has 30 heavy (non-hydrogen) atoms. The van der Waals surface area contributed by atoms with Crippen molar-refractivity contribution in [1.29, 1.82) is 0 Å². The number of anilines is 1. The van der Waals surface area contributed by atoms with Crippen LogP contribution < -0.4 is 5.32 Å². The summed E-state index contributed by atoms with van der Waals surface area (Å²) in [5.41, 5.74) is 1.03. The molecule has 1 amide bonds. The third-order valence-corrected chi connectivity index (χ3v) is 5.65. The van der Waals surface area contributed by atoms with Crippen LogP contribution in [-0.4, -0.2) is 10.9 Å². The first-order valence-corrected chi connectivity index (χ1v) is 9.69. The molecule has 3 aromatic carbocycles. The van der Waals surface area contributed by atoms with E-state index >= 15 is 0 Å². The second-order valence-corrected chi connectivity index (χ2v) is 7.69. The smallest absolute Gasteiger partial charge is 0.322 e. The molecule has 0 spiro atoms. The Labute approximate surface area is 173 Å². The zero-order valence-corrected chi connectivity index (χ0v) is 16.4. The number of aryl methyl sites for hydroxylation is 1. The van der Waals surface area contributed by atoms with Crippen molar-refractivity contribution in [3.63, 3.8) is 0 Å². The molecule has 0 saturated heterocycles. The van der Waals surface area contributed by atoms with Gasteiger partial charge in [0.1, 0.15) is 10.8 Å². The van der Waals surface area contributed by atoms with Crippen molar-refractivity contribution in [2.45, 2.75) is 13.1 Å². The Morgan fingerprint density at radius 2 is 1.80 bits per heavy atom. The Morgan fingerprint density at radius 1 is 1.03 bits per heavy atom. The van der Waals surface area contributed by atoms with Gasteiger partial charge in [-0.15, -0.1) is 11.3 Å². The lowest BCUT2D eigenvalue weighted by Crippen LogP contribution is -2.15. The van der Waals surface area contributed by atoms with Gasteiger partial charge in [-0.3, -0.25) is 4.79 Å². The molecule has 4 rings (SSSR count). The number of aromatic nitrogens is 1. The molecule has 1 N–H and O–H groups in total.